The Morgan fingerprint density at radius 2 is 1.87 bits per heavy atom. The fourth-order valence-corrected chi connectivity index (χ4v) is 7.93. The van der Waals surface area contributed by atoms with Gasteiger partial charge in [0.05, 0.1) is 11.6 Å². The van der Waals surface area contributed by atoms with Crippen LogP contribution in [0.2, 0.25) is 0 Å². The summed E-state index contributed by atoms with van der Waals surface area (Å²) < 4.78 is 45.5. The van der Waals surface area contributed by atoms with Crippen molar-refractivity contribution < 1.29 is 42.5 Å². The number of ether oxygens (including phenoxy) is 3. The molecule has 2 aliphatic carbocycles. The fraction of sp³-hybridized carbons (Fsp3) is 0.516. The first-order chi connectivity index (χ1) is 22.4. The summed E-state index contributed by atoms with van der Waals surface area (Å²) in [5.41, 5.74) is 2.43. The van der Waals surface area contributed by atoms with Crippen LogP contribution in [0, 0.1) is 17.2 Å². The zero-order valence-corrected chi connectivity index (χ0v) is 27.0. The molecule has 0 radical (unpaired) electrons. The van der Waals surface area contributed by atoms with Gasteiger partial charge in [-0.05, 0) is 56.9 Å². The Morgan fingerprint density at radius 3 is 2.55 bits per heavy atom. The molecule has 16 heteroatoms. The molecule has 0 bridgehead atoms. The van der Waals surface area contributed by atoms with Crippen molar-refractivity contribution in [1.29, 1.82) is 5.26 Å². The Balaban J connectivity index is 1.33. The highest BCUT2D eigenvalue weighted by Crippen LogP contribution is 2.70. The predicted molar refractivity (Wildman–Crippen MR) is 164 cm³/mol. The topological polar surface area (TPSA) is 210 Å². The lowest BCUT2D eigenvalue weighted by molar-refractivity contribution is -0.165. The molecule has 0 spiro atoms. The second-order valence-electron chi connectivity index (χ2n) is 12.3. The van der Waals surface area contributed by atoms with E-state index in [0.29, 0.717) is 11.2 Å². The van der Waals surface area contributed by atoms with Crippen LogP contribution in [0.1, 0.15) is 64.7 Å². The van der Waals surface area contributed by atoms with E-state index in [1.807, 2.05) is 6.07 Å². The number of rotatable bonds is 11. The molecule has 15 nitrogen and oxygen atoms in total. The standard InChI is InChI=1S/C31H37N6O9P/c1-18(2)27(39)44-31-25(38)24(22-14-15-23-26(33)34-17-35-37(22)23)43-30(31,16-32)29(31)46-47(41,45-21-12-8-5-9-13-21)36-19(3)28(40)42-20-10-6-4-7-11-20/h5,8-9,12-15,17-20,24-25,29,38H,4,6-7,10-11H2,1-3H3,(H,36,41)(H2,33,34,35)/t19-,24-,25-,29?,30+,31+,47+/m0/s1. The number of carbonyl (C=O) groups excluding carboxylic acids is 2. The van der Waals surface area contributed by atoms with E-state index in [2.05, 4.69) is 15.2 Å². The smallest absolute Gasteiger partial charge is 0.460 e. The van der Waals surface area contributed by atoms with Gasteiger partial charge in [-0.1, -0.05) is 38.5 Å². The highest BCUT2D eigenvalue weighted by molar-refractivity contribution is 7.52. The van der Waals surface area contributed by atoms with Crippen molar-refractivity contribution in [2.75, 3.05) is 5.73 Å². The van der Waals surface area contributed by atoms with Gasteiger partial charge >= 0.3 is 19.7 Å². The van der Waals surface area contributed by atoms with Crippen molar-refractivity contribution in [1.82, 2.24) is 19.7 Å². The second-order valence-corrected chi connectivity index (χ2v) is 14.0. The molecule has 47 heavy (non-hydrogen) atoms. The predicted octanol–water partition coefficient (Wildman–Crippen LogP) is 3.38. The van der Waals surface area contributed by atoms with E-state index < -0.39 is 61.2 Å². The maximum absolute atomic E-state index is 14.5. The molecular weight excluding hydrogens is 631 g/mol. The Kier molecular flexibility index (Phi) is 8.75. The number of fused-ring (bicyclic) bond motifs is 2. The van der Waals surface area contributed by atoms with Gasteiger partial charge < -0.3 is 29.6 Å². The first kappa shape index (κ1) is 32.9. The number of hydrogen-bond donors (Lipinski definition) is 3. The van der Waals surface area contributed by atoms with Crippen LogP contribution in [0.15, 0.2) is 48.8 Å². The molecule has 6 rings (SSSR count). The molecule has 4 N–H and O–H groups in total. The first-order valence-corrected chi connectivity index (χ1v) is 17.1. The molecule has 1 aromatic carbocycles. The molecule has 3 aromatic rings. The molecule has 1 unspecified atom stereocenters. The van der Waals surface area contributed by atoms with Crippen molar-refractivity contribution in [3.63, 3.8) is 0 Å². The third-order valence-corrected chi connectivity index (χ3v) is 10.4. The number of nitrogen functional groups attached to an aromatic ring is 1. The Bertz CT molecular complexity index is 1740. The number of esters is 2. The van der Waals surface area contributed by atoms with E-state index in [0.717, 1.165) is 32.1 Å². The number of aromatic nitrogens is 3. The summed E-state index contributed by atoms with van der Waals surface area (Å²) in [5.74, 6) is -1.81. The van der Waals surface area contributed by atoms with Gasteiger partial charge in [-0.15, -0.1) is 0 Å². The number of aliphatic hydroxyl groups excluding tert-OH is 1. The van der Waals surface area contributed by atoms with Crippen molar-refractivity contribution >= 4 is 31.0 Å². The number of nitrogens with one attached hydrogen (secondary N) is 1. The summed E-state index contributed by atoms with van der Waals surface area (Å²) in [4.78, 5) is 30.1. The van der Waals surface area contributed by atoms with Crippen LogP contribution in [-0.2, 0) is 32.9 Å². The maximum Gasteiger partial charge on any atom is 0.460 e. The number of aliphatic hydroxyl groups is 1. The lowest BCUT2D eigenvalue weighted by Crippen LogP contribution is -2.42. The molecule has 3 fully saturated rings. The monoisotopic (exact) mass is 668 g/mol. The van der Waals surface area contributed by atoms with Crippen LogP contribution in [-0.4, -0.2) is 67.2 Å². The number of nitriles is 1. The number of anilines is 1. The second kappa shape index (κ2) is 12.5. The third kappa shape index (κ3) is 5.74. The molecular formula is C31H37N6O9P. The summed E-state index contributed by atoms with van der Waals surface area (Å²) in [7, 11) is -4.60. The van der Waals surface area contributed by atoms with Crippen LogP contribution >= 0.6 is 7.75 Å². The maximum atomic E-state index is 14.5. The van der Waals surface area contributed by atoms with Crippen molar-refractivity contribution in [2.45, 2.75) is 94.5 Å². The van der Waals surface area contributed by atoms with Crippen LogP contribution in [0.3, 0.4) is 0 Å². The Labute approximate surface area is 270 Å². The third-order valence-electron chi connectivity index (χ3n) is 8.76. The molecule has 7 atom stereocenters. The number of nitrogens with two attached hydrogens (primary N) is 1. The number of nitrogens with zero attached hydrogens (tertiary/aromatic N) is 4. The van der Waals surface area contributed by atoms with Crippen LogP contribution in [0.5, 0.6) is 5.75 Å². The van der Waals surface area contributed by atoms with Crippen molar-refractivity contribution in [3.05, 3.63) is 54.5 Å². The summed E-state index contributed by atoms with van der Waals surface area (Å²) >= 11 is 0. The van der Waals surface area contributed by atoms with Crippen LogP contribution in [0.4, 0.5) is 5.82 Å². The Hall–Kier alpha value is -4.06. The van der Waals surface area contributed by atoms with E-state index in [9.17, 15) is 24.5 Å². The van der Waals surface area contributed by atoms with E-state index in [4.69, 9.17) is 29.0 Å². The minimum Gasteiger partial charge on any atom is -0.461 e. The van der Waals surface area contributed by atoms with E-state index in [1.165, 1.54) is 29.9 Å². The molecule has 2 aromatic heterocycles. The number of hydrogen-bond acceptors (Lipinski definition) is 13. The van der Waals surface area contributed by atoms with Crippen molar-refractivity contribution in [3.8, 4) is 11.8 Å². The van der Waals surface area contributed by atoms with E-state index in [1.54, 1.807) is 44.2 Å². The molecule has 3 aliphatic rings. The lowest BCUT2D eigenvalue weighted by Gasteiger charge is -2.28. The number of carbonyl (C=O) groups is 2. The SMILES string of the molecule is CC(C)C(=O)O[C@]12C(O[P@@](=O)(N[C@@H](C)C(=O)OC3CCCCC3)Oc3ccccc3)[C@@]1(C#N)O[C@@H](c1ccc3c(N)ncnn13)[C@@H]2O. The van der Waals surface area contributed by atoms with Gasteiger partial charge in [0.25, 0.3) is 0 Å². The molecule has 1 saturated heterocycles. The summed E-state index contributed by atoms with van der Waals surface area (Å²) in [6, 6.07) is 12.1. The summed E-state index contributed by atoms with van der Waals surface area (Å²) in [6.07, 6.45) is 0.809. The number of benzene rings is 1. The van der Waals surface area contributed by atoms with Crippen LogP contribution < -0.4 is 15.3 Å². The molecule has 1 aliphatic heterocycles. The van der Waals surface area contributed by atoms with Crippen LogP contribution in [0.25, 0.3) is 5.52 Å². The average molecular weight is 669 g/mol. The van der Waals surface area contributed by atoms with Gasteiger partial charge in [0.2, 0.25) is 11.2 Å². The number of para-hydroxylation sites is 1. The normalized spacial score (nSPS) is 29.0. The summed E-state index contributed by atoms with van der Waals surface area (Å²) in [5, 5.41) is 29.2. The zero-order chi connectivity index (χ0) is 33.6. The Morgan fingerprint density at radius 1 is 1.15 bits per heavy atom. The van der Waals surface area contributed by atoms with Gasteiger partial charge in [-0.3, -0.25) is 14.1 Å². The van der Waals surface area contributed by atoms with Gasteiger partial charge in [-0.25, -0.2) is 14.1 Å². The van der Waals surface area contributed by atoms with Gasteiger partial charge in [0.15, 0.2) is 11.9 Å². The van der Waals surface area contributed by atoms with Gasteiger partial charge in [0.1, 0.15) is 48.0 Å². The molecule has 2 saturated carbocycles. The minimum atomic E-state index is -4.60. The van der Waals surface area contributed by atoms with E-state index in [-0.39, 0.29) is 17.7 Å². The van der Waals surface area contributed by atoms with E-state index >= 15 is 0 Å². The largest absolute Gasteiger partial charge is 0.461 e. The lowest BCUT2D eigenvalue weighted by atomic mass is 9.98. The highest BCUT2D eigenvalue weighted by atomic mass is 31.2. The van der Waals surface area contributed by atoms with Crippen molar-refractivity contribution in [2.24, 2.45) is 5.92 Å². The van der Waals surface area contributed by atoms with Gasteiger partial charge in [0, 0.05) is 0 Å². The summed E-state index contributed by atoms with van der Waals surface area (Å²) in [6.45, 7) is 4.61. The minimum absolute atomic E-state index is 0.123. The fourth-order valence-electron chi connectivity index (χ4n) is 6.22. The quantitative estimate of drug-likeness (QED) is 0.198. The molecule has 0 amide bonds. The average Bonchev–Trinajstić information content (AvgIpc) is 3.28. The molecule has 3 heterocycles. The first-order valence-electron chi connectivity index (χ1n) is 15.5. The molecule has 250 valence electrons. The van der Waals surface area contributed by atoms with Gasteiger partial charge in [-0.2, -0.15) is 15.4 Å². The highest BCUT2D eigenvalue weighted by Gasteiger charge is 2.94. The zero-order valence-electron chi connectivity index (χ0n) is 26.1.